The van der Waals surface area contributed by atoms with Crippen molar-refractivity contribution >= 4 is 28.0 Å². The molecule has 0 radical (unpaired) electrons. The maximum Gasteiger partial charge on any atom is 0.203 e. The van der Waals surface area contributed by atoms with Crippen molar-refractivity contribution in [2.45, 2.75) is 39.3 Å². The number of imidazole rings is 1. The predicted octanol–water partition coefficient (Wildman–Crippen LogP) is 4.77. The number of nitrogens with one attached hydrogen (secondary N) is 1. The van der Waals surface area contributed by atoms with Crippen molar-refractivity contribution in [3.63, 3.8) is 0 Å². The van der Waals surface area contributed by atoms with Crippen molar-refractivity contribution in [2.75, 3.05) is 6.61 Å². The van der Waals surface area contributed by atoms with E-state index >= 15 is 0 Å². The second kappa shape index (κ2) is 9.47. The molecule has 25 heavy (non-hydrogen) atoms. The maximum atomic E-state index is 8.56. The lowest BCUT2D eigenvalue weighted by Crippen LogP contribution is -2.26. The van der Waals surface area contributed by atoms with E-state index in [0.29, 0.717) is 18.8 Å². The lowest BCUT2D eigenvalue weighted by Gasteiger charge is -2.07. The zero-order valence-corrected chi connectivity index (χ0v) is 16.4. The van der Waals surface area contributed by atoms with Crippen molar-refractivity contribution in [3.05, 3.63) is 60.2 Å². The molecule has 0 saturated carbocycles. The van der Waals surface area contributed by atoms with Crippen molar-refractivity contribution < 1.29 is 4.74 Å². The summed E-state index contributed by atoms with van der Waals surface area (Å²) in [4.78, 5) is 0. The minimum Gasteiger partial charge on any atom is -0.492 e. The van der Waals surface area contributed by atoms with Gasteiger partial charge in [0.05, 0.1) is 17.6 Å². The summed E-state index contributed by atoms with van der Waals surface area (Å²) < 4.78 is 9.97. The van der Waals surface area contributed by atoms with Crippen LogP contribution in [-0.2, 0) is 13.1 Å². The molecule has 3 aromatic rings. The Morgan fingerprint density at radius 3 is 2.08 bits per heavy atom. The summed E-state index contributed by atoms with van der Waals surface area (Å²) in [6, 6.07) is 18.1. The Morgan fingerprint density at radius 1 is 0.840 bits per heavy atom. The van der Waals surface area contributed by atoms with Crippen LogP contribution >= 0.6 is 17.0 Å². The minimum absolute atomic E-state index is 0. The number of aromatic nitrogens is 2. The molecule has 0 atom stereocenters. The standard InChI is InChI=1S/C20H25N3O.BrH/c1-2-3-9-14-22-18-12-7-8-13-19(18)23(20(22)21)15-16-24-17-10-5-4-6-11-17;/h4-8,10-13,21H,2-3,9,14-16H2,1H3;1H. The number of nitrogens with zero attached hydrogens (tertiary/aromatic N) is 2. The zero-order valence-electron chi connectivity index (χ0n) is 14.6. The summed E-state index contributed by atoms with van der Waals surface area (Å²) in [7, 11) is 0. The van der Waals surface area contributed by atoms with Crippen LogP contribution in [0.1, 0.15) is 26.2 Å². The van der Waals surface area contributed by atoms with Crippen LogP contribution < -0.4 is 10.4 Å². The molecule has 0 aliphatic carbocycles. The number of fused-ring (bicyclic) bond motifs is 1. The summed E-state index contributed by atoms with van der Waals surface area (Å²) in [5.74, 6) is 0.872. The fourth-order valence-electron chi connectivity index (χ4n) is 3.04. The lowest BCUT2D eigenvalue weighted by molar-refractivity contribution is 0.296. The number of hydrogen-bond acceptors (Lipinski definition) is 2. The van der Waals surface area contributed by atoms with E-state index in [9.17, 15) is 0 Å². The first-order valence-electron chi connectivity index (χ1n) is 8.71. The number of para-hydroxylation sites is 3. The molecule has 134 valence electrons. The van der Waals surface area contributed by atoms with Crippen LogP contribution in [0.2, 0.25) is 0 Å². The molecular formula is C20H26BrN3O. The Balaban J connectivity index is 0.00000225. The molecule has 0 aliphatic rings. The number of ether oxygens (including phenoxy) is 1. The Morgan fingerprint density at radius 2 is 1.44 bits per heavy atom. The predicted molar refractivity (Wildman–Crippen MR) is 108 cm³/mol. The smallest absolute Gasteiger partial charge is 0.203 e. The third-order valence-electron chi connectivity index (χ3n) is 4.29. The minimum atomic E-state index is 0. The third kappa shape index (κ3) is 4.54. The molecule has 1 heterocycles. The van der Waals surface area contributed by atoms with Gasteiger partial charge < -0.3 is 13.9 Å². The van der Waals surface area contributed by atoms with Gasteiger partial charge in [-0.15, -0.1) is 17.0 Å². The monoisotopic (exact) mass is 403 g/mol. The second-order valence-corrected chi connectivity index (χ2v) is 5.98. The molecule has 0 spiro atoms. The fraction of sp³-hybridized carbons (Fsp3) is 0.350. The van der Waals surface area contributed by atoms with Gasteiger partial charge in [-0.05, 0) is 30.7 Å². The molecule has 1 N–H and O–H groups in total. The Labute approximate surface area is 159 Å². The van der Waals surface area contributed by atoms with E-state index in [1.165, 1.54) is 12.8 Å². The van der Waals surface area contributed by atoms with Crippen LogP contribution in [0, 0.1) is 5.41 Å². The van der Waals surface area contributed by atoms with Crippen LogP contribution in [0.15, 0.2) is 54.6 Å². The molecule has 0 aliphatic heterocycles. The van der Waals surface area contributed by atoms with Crippen LogP contribution in [0.3, 0.4) is 0 Å². The SMILES string of the molecule is Br.CCCCCn1c(=N)n(CCOc2ccccc2)c2ccccc21. The highest BCUT2D eigenvalue weighted by atomic mass is 79.9. The van der Waals surface area contributed by atoms with Crippen molar-refractivity contribution in [2.24, 2.45) is 0 Å². The van der Waals surface area contributed by atoms with Crippen LogP contribution in [-0.4, -0.2) is 15.7 Å². The first-order chi connectivity index (χ1) is 11.8. The van der Waals surface area contributed by atoms with Gasteiger partial charge in [-0.1, -0.05) is 50.1 Å². The first-order valence-corrected chi connectivity index (χ1v) is 8.71. The molecule has 0 fully saturated rings. The van der Waals surface area contributed by atoms with E-state index in [4.69, 9.17) is 10.1 Å². The number of aryl methyl sites for hydroxylation is 1. The van der Waals surface area contributed by atoms with E-state index in [0.717, 1.165) is 29.7 Å². The van der Waals surface area contributed by atoms with E-state index in [1.807, 2.05) is 47.0 Å². The van der Waals surface area contributed by atoms with Crippen LogP contribution in [0.4, 0.5) is 0 Å². The second-order valence-electron chi connectivity index (χ2n) is 5.98. The van der Waals surface area contributed by atoms with E-state index in [-0.39, 0.29) is 17.0 Å². The molecule has 0 saturated heterocycles. The molecule has 0 bridgehead atoms. The van der Waals surface area contributed by atoms with Gasteiger partial charge >= 0.3 is 0 Å². The van der Waals surface area contributed by atoms with Gasteiger partial charge in [0.25, 0.3) is 0 Å². The van der Waals surface area contributed by atoms with E-state index in [1.54, 1.807) is 0 Å². The Hall–Kier alpha value is -2.01. The number of hydrogen-bond donors (Lipinski definition) is 1. The molecule has 0 amide bonds. The average molecular weight is 404 g/mol. The number of rotatable bonds is 8. The average Bonchev–Trinajstić information content (AvgIpc) is 2.89. The maximum absolute atomic E-state index is 8.56. The molecule has 0 unspecified atom stereocenters. The van der Waals surface area contributed by atoms with Gasteiger partial charge in [-0.2, -0.15) is 0 Å². The normalized spacial score (nSPS) is 10.6. The molecule has 1 aromatic heterocycles. The molecule has 2 aromatic carbocycles. The third-order valence-corrected chi connectivity index (χ3v) is 4.29. The van der Waals surface area contributed by atoms with Crippen molar-refractivity contribution in [1.29, 1.82) is 5.41 Å². The number of halogens is 1. The molecule has 5 heteroatoms. The summed E-state index contributed by atoms with van der Waals surface area (Å²) in [5.41, 5.74) is 2.80. The molecule has 3 rings (SSSR count). The zero-order chi connectivity index (χ0) is 16.8. The van der Waals surface area contributed by atoms with Crippen molar-refractivity contribution in [3.8, 4) is 5.75 Å². The summed E-state index contributed by atoms with van der Waals surface area (Å²) in [5, 5.41) is 8.56. The largest absolute Gasteiger partial charge is 0.492 e. The van der Waals surface area contributed by atoms with E-state index in [2.05, 4.69) is 23.6 Å². The highest BCUT2D eigenvalue weighted by Crippen LogP contribution is 2.14. The quantitative estimate of drug-likeness (QED) is 0.540. The topological polar surface area (TPSA) is 42.9 Å². The summed E-state index contributed by atoms with van der Waals surface area (Å²) >= 11 is 0. The molecular weight excluding hydrogens is 378 g/mol. The van der Waals surface area contributed by atoms with Gasteiger partial charge in [0.1, 0.15) is 12.4 Å². The van der Waals surface area contributed by atoms with Gasteiger partial charge in [-0.25, -0.2) is 0 Å². The first kappa shape index (κ1) is 19.3. The van der Waals surface area contributed by atoms with Crippen LogP contribution in [0.25, 0.3) is 11.0 Å². The molecule has 4 nitrogen and oxygen atoms in total. The van der Waals surface area contributed by atoms with Crippen LogP contribution in [0.5, 0.6) is 5.75 Å². The number of unbranched alkanes of at least 4 members (excludes halogenated alkanes) is 2. The highest BCUT2D eigenvalue weighted by Gasteiger charge is 2.10. The summed E-state index contributed by atoms with van der Waals surface area (Å²) in [6.45, 7) is 4.34. The van der Waals surface area contributed by atoms with Gasteiger partial charge in [-0.3, -0.25) is 5.41 Å². The van der Waals surface area contributed by atoms with E-state index < -0.39 is 0 Å². The van der Waals surface area contributed by atoms with Gasteiger partial charge in [0.15, 0.2) is 0 Å². The highest BCUT2D eigenvalue weighted by molar-refractivity contribution is 8.93. The lowest BCUT2D eigenvalue weighted by atomic mass is 10.2. The van der Waals surface area contributed by atoms with Crippen molar-refractivity contribution in [1.82, 2.24) is 9.13 Å². The Bertz CT molecular complexity index is 839. The van der Waals surface area contributed by atoms with Gasteiger partial charge in [0, 0.05) is 6.54 Å². The summed E-state index contributed by atoms with van der Waals surface area (Å²) in [6.07, 6.45) is 3.50. The fourth-order valence-corrected chi connectivity index (χ4v) is 3.04. The number of benzene rings is 2. The Kier molecular flexibility index (Phi) is 7.31. The van der Waals surface area contributed by atoms with Gasteiger partial charge in [0.2, 0.25) is 5.62 Å².